The van der Waals surface area contributed by atoms with Crippen LogP contribution >= 0.6 is 15.9 Å². The lowest BCUT2D eigenvalue weighted by Gasteiger charge is -2.08. The van der Waals surface area contributed by atoms with Crippen LogP contribution in [0.25, 0.3) is 0 Å². The molecule has 0 aliphatic carbocycles. The Kier molecular flexibility index (Phi) is 4.44. The molecule has 2 aromatic rings. The van der Waals surface area contributed by atoms with Gasteiger partial charge in [-0.2, -0.15) is 5.10 Å². The van der Waals surface area contributed by atoms with Crippen molar-refractivity contribution in [2.24, 2.45) is 0 Å². The van der Waals surface area contributed by atoms with Crippen molar-refractivity contribution in [1.82, 2.24) is 14.8 Å². The van der Waals surface area contributed by atoms with E-state index in [-0.39, 0.29) is 16.3 Å². The maximum atomic E-state index is 12.4. The van der Waals surface area contributed by atoms with E-state index in [2.05, 4.69) is 26.0 Å². The van der Waals surface area contributed by atoms with Gasteiger partial charge in [0.2, 0.25) is 0 Å². The fraction of sp³-hybridized carbons (Fsp3) is 0.333. The smallest absolute Gasteiger partial charge is 0.187 e. The molecular formula is C12H15BrN4O2S. The highest BCUT2D eigenvalue weighted by atomic mass is 79.9. The number of anilines is 1. The SMILES string of the molecule is CCCn1ncnc1CS(=O)(=O)c1cc(Br)ccc1N. The second-order valence-corrected chi connectivity index (χ2v) is 7.21. The predicted octanol–water partition coefficient (Wildman–Crippen LogP) is 2.01. The van der Waals surface area contributed by atoms with Gasteiger partial charge in [0.25, 0.3) is 0 Å². The van der Waals surface area contributed by atoms with Crippen LogP contribution in [-0.4, -0.2) is 23.2 Å². The van der Waals surface area contributed by atoms with Crippen LogP contribution in [0.1, 0.15) is 19.2 Å². The summed E-state index contributed by atoms with van der Waals surface area (Å²) in [5.41, 5.74) is 5.99. The molecule has 20 heavy (non-hydrogen) atoms. The number of benzene rings is 1. The molecular weight excluding hydrogens is 344 g/mol. The zero-order valence-corrected chi connectivity index (χ0v) is 13.4. The van der Waals surface area contributed by atoms with Crippen LogP contribution in [0.2, 0.25) is 0 Å². The van der Waals surface area contributed by atoms with Crippen LogP contribution in [0, 0.1) is 0 Å². The minimum atomic E-state index is -3.56. The Balaban J connectivity index is 2.36. The summed E-state index contributed by atoms with van der Waals surface area (Å²) in [4.78, 5) is 4.13. The zero-order chi connectivity index (χ0) is 14.8. The van der Waals surface area contributed by atoms with E-state index in [1.165, 1.54) is 12.4 Å². The summed E-state index contributed by atoms with van der Waals surface area (Å²) in [6.45, 7) is 2.63. The molecule has 1 aromatic heterocycles. The second kappa shape index (κ2) is 5.92. The molecule has 2 rings (SSSR count). The molecule has 0 atom stereocenters. The maximum absolute atomic E-state index is 12.4. The first-order valence-corrected chi connectivity index (χ1v) is 8.53. The fourth-order valence-electron chi connectivity index (χ4n) is 1.82. The van der Waals surface area contributed by atoms with Crippen molar-refractivity contribution >= 4 is 31.5 Å². The van der Waals surface area contributed by atoms with Gasteiger partial charge in [0.1, 0.15) is 17.9 Å². The number of sulfone groups is 1. The standard InChI is InChI=1S/C12H15BrN4O2S/c1-2-5-17-12(15-8-16-17)7-20(18,19)11-6-9(13)3-4-10(11)14/h3-4,6,8H,2,5,7,14H2,1H3. The van der Waals surface area contributed by atoms with E-state index in [4.69, 9.17) is 5.73 Å². The van der Waals surface area contributed by atoms with Gasteiger partial charge in [-0.15, -0.1) is 0 Å². The number of rotatable bonds is 5. The molecule has 0 aliphatic rings. The Morgan fingerprint density at radius 3 is 2.85 bits per heavy atom. The molecule has 0 radical (unpaired) electrons. The van der Waals surface area contributed by atoms with Crippen molar-refractivity contribution in [3.05, 3.63) is 34.8 Å². The molecule has 2 N–H and O–H groups in total. The molecule has 1 aromatic carbocycles. The normalized spacial score (nSPS) is 11.7. The minimum Gasteiger partial charge on any atom is -0.398 e. The molecule has 0 bridgehead atoms. The Morgan fingerprint density at radius 2 is 2.15 bits per heavy atom. The van der Waals surface area contributed by atoms with Crippen LogP contribution in [-0.2, 0) is 22.1 Å². The summed E-state index contributed by atoms with van der Waals surface area (Å²) in [7, 11) is -3.56. The fourth-order valence-corrected chi connectivity index (χ4v) is 3.79. The number of aromatic nitrogens is 3. The lowest BCUT2D eigenvalue weighted by atomic mass is 10.3. The monoisotopic (exact) mass is 358 g/mol. The van der Waals surface area contributed by atoms with Gasteiger partial charge < -0.3 is 5.73 Å². The number of aryl methyl sites for hydroxylation is 1. The summed E-state index contributed by atoms with van der Waals surface area (Å²) >= 11 is 3.25. The average Bonchev–Trinajstić information content (AvgIpc) is 2.79. The number of nitrogens with zero attached hydrogens (tertiary/aromatic N) is 3. The maximum Gasteiger partial charge on any atom is 0.187 e. The van der Waals surface area contributed by atoms with Gasteiger partial charge >= 0.3 is 0 Å². The van der Waals surface area contributed by atoms with E-state index in [9.17, 15) is 8.42 Å². The van der Waals surface area contributed by atoms with Gasteiger partial charge in [0, 0.05) is 11.0 Å². The summed E-state index contributed by atoms with van der Waals surface area (Å²) in [5.74, 6) is 0.208. The van der Waals surface area contributed by atoms with E-state index >= 15 is 0 Å². The van der Waals surface area contributed by atoms with Gasteiger partial charge in [0.05, 0.1) is 10.6 Å². The highest BCUT2D eigenvalue weighted by Crippen LogP contribution is 2.25. The van der Waals surface area contributed by atoms with Gasteiger partial charge in [-0.25, -0.2) is 18.1 Å². The Hall–Kier alpha value is -1.41. The van der Waals surface area contributed by atoms with Crippen LogP contribution in [0.5, 0.6) is 0 Å². The zero-order valence-electron chi connectivity index (χ0n) is 11.0. The third-order valence-electron chi connectivity index (χ3n) is 2.76. The summed E-state index contributed by atoms with van der Waals surface area (Å²) in [6, 6.07) is 4.77. The number of halogens is 1. The number of hydrogen-bond donors (Lipinski definition) is 1. The van der Waals surface area contributed by atoms with Gasteiger partial charge in [-0.1, -0.05) is 22.9 Å². The van der Waals surface area contributed by atoms with Crippen LogP contribution < -0.4 is 5.73 Å². The van der Waals surface area contributed by atoms with Crippen molar-refractivity contribution in [3.8, 4) is 0 Å². The van der Waals surface area contributed by atoms with Crippen molar-refractivity contribution in [1.29, 1.82) is 0 Å². The summed E-state index contributed by atoms with van der Waals surface area (Å²) in [6.07, 6.45) is 2.22. The van der Waals surface area contributed by atoms with E-state index < -0.39 is 9.84 Å². The highest BCUT2D eigenvalue weighted by molar-refractivity contribution is 9.10. The van der Waals surface area contributed by atoms with Crippen molar-refractivity contribution in [2.45, 2.75) is 30.5 Å². The van der Waals surface area contributed by atoms with Crippen molar-refractivity contribution in [2.75, 3.05) is 5.73 Å². The molecule has 0 fully saturated rings. The van der Waals surface area contributed by atoms with Crippen LogP contribution in [0.4, 0.5) is 5.69 Å². The number of hydrogen-bond acceptors (Lipinski definition) is 5. The lowest BCUT2D eigenvalue weighted by molar-refractivity contribution is 0.566. The first kappa shape index (κ1) is 15.0. The number of nitrogens with two attached hydrogens (primary N) is 1. The molecule has 6 nitrogen and oxygen atoms in total. The third kappa shape index (κ3) is 3.18. The molecule has 0 saturated heterocycles. The lowest BCUT2D eigenvalue weighted by Crippen LogP contribution is -2.13. The molecule has 0 spiro atoms. The van der Waals surface area contributed by atoms with Crippen LogP contribution in [0.15, 0.2) is 33.9 Å². The van der Waals surface area contributed by atoms with Gasteiger partial charge in [-0.3, -0.25) is 0 Å². The average molecular weight is 359 g/mol. The molecule has 0 saturated carbocycles. The van der Waals surface area contributed by atoms with Crippen molar-refractivity contribution < 1.29 is 8.42 Å². The summed E-state index contributed by atoms with van der Waals surface area (Å²) in [5, 5.41) is 4.02. The van der Waals surface area contributed by atoms with Gasteiger partial charge in [-0.05, 0) is 24.6 Å². The quantitative estimate of drug-likeness (QED) is 0.825. The summed E-state index contributed by atoms with van der Waals surface area (Å²) < 4.78 is 27.2. The molecule has 8 heteroatoms. The van der Waals surface area contributed by atoms with E-state index in [1.54, 1.807) is 16.8 Å². The minimum absolute atomic E-state index is 0.109. The van der Waals surface area contributed by atoms with Crippen molar-refractivity contribution in [3.63, 3.8) is 0 Å². The molecule has 108 valence electrons. The number of nitrogen functional groups attached to an aromatic ring is 1. The molecule has 1 heterocycles. The Morgan fingerprint density at radius 1 is 1.40 bits per heavy atom. The largest absolute Gasteiger partial charge is 0.398 e. The van der Waals surface area contributed by atoms with E-state index in [0.717, 1.165) is 6.42 Å². The highest BCUT2D eigenvalue weighted by Gasteiger charge is 2.21. The molecule has 0 aliphatic heterocycles. The van der Waals surface area contributed by atoms with E-state index in [0.29, 0.717) is 16.8 Å². The van der Waals surface area contributed by atoms with E-state index in [1.807, 2.05) is 6.92 Å². The third-order valence-corrected chi connectivity index (χ3v) is 4.92. The first-order chi connectivity index (χ1) is 9.44. The second-order valence-electron chi connectivity index (χ2n) is 4.34. The first-order valence-electron chi connectivity index (χ1n) is 6.08. The molecule has 0 unspecified atom stereocenters. The van der Waals surface area contributed by atoms with Gasteiger partial charge in [0.15, 0.2) is 9.84 Å². The molecule has 0 amide bonds. The van der Waals surface area contributed by atoms with Crippen LogP contribution in [0.3, 0.4) is 0 Å². The Bertz CT molecular complexity index is 712. The predicted molar refractivity (Wildman–Crippen MR) is 79.8 cm³/mol. The topological polar surface area (TPSA) is 90.9 Å². The Labute approximate surface area is 126 Å².